The van der Waals surface area contributed by atoms with Crippen LogP contribution in [0, 0.1) is 0 Å². The van der Waals surface area contributed by atoms with Gasteiger partial charge in [0, 0.05) is 18.7 Å². The van der Waals surface area contributed by atoms with Crippen molar-refractivity contribution in [2.24, 2.45) is 0 Å². The summed E-state index contributed by atoms with van der Waals surface area (Å²) in [7, 11) is 0. The van der Waals surface area contributed by atoms with Gasteiger partial charge in [0.25, 0.3) is 0 Å². The van der Waals surface area contributed by atoms with Gasteiger partial charge in [0.15, 0.2) is 0 Å². The normalized spacial score (nSPS) is 29.5. The third kappa shape index (κ3) is 2.04. The molecule has 1 aromatic rings. The fraction of sp³-hybridized carbons (Fsp3) is 0.538. The van der Waals surface area contributed by atoms with Crippen LogP contribution in [0.1, 0.15) is 11.6 Å². The maximum absolute atomic E-state index is 10.2. The van der Waals surface area contributed by atoms with Crippen LogP contribution < -0.4 is 4.74 Å². The molecule has 0 aromatic heterocycles. The third-order valence-electron chi connectivity index (χ3n) is 3.45. The Bertz CT molecular complexity index is 390. The summed E-state index contributed by atoms with van der Waals surface area (Å²) in [5.74, 6) is 0.897. The molecule has 17 heavy (non-hydrogen) atoms. The van der Waals surface area contributed by atoms with Gasteiger partial charge in [-0.2, -0.15) is 0 Å². The lowest BCUT2D eigenvalue weighted by atomic mass is 9.96. The molecule has 0 aliphatic carbocycles. The van der Waals surface area contributed by atoms with E-state index in [4.69, 9.17) is 9.47 Å². The largest absolute Gasteiger partial charge is 0.490 e. The van der Waals surface area contributed by atoms with E-state index in [1.807, 2.05) is 24.3 Å². The quantitative estimate of drug-likeness (QED) is 0.782. The maximum atomic E-state index is 10.2. The van der Waals surface area contributed by atoms with E-state index in [1.54, 1.807) is 0 Å². The minimum absolute atomic E-state index is 0.0452. The second-order valence-corrected chi connectivity index (χ2v) is 4.51. The molecule has 2 atom stereocenters. The topological polar surface area (TPSA) is 41.9 Å². The number of aliphatic hydroxyl groups excluding tert-OH is 1. The average Bonchev–Trinajstić information content (AvgIpc) is 2.39. The fourth-order valence-electron chi connectivity index (χ4n) is 2.63. The smallest absolute Gasteiger partial charge is 0.124 e. The van der Waals surface area contributed by atoms with Crippen molar-refractivity contribution in [3.05, 3.63) is 29.8 Å². The molecular formula is C13H17NO3. The summed E-state index contributed by atoms with van der Waals surface area (Å²) in [5, 5.41) is 10.2. The van der Waals surface area contributed by atoms with E-state index in [0.29, 0.717) is 6.61 Å². The van der Waals surface area contributed by atoms with Gasteiger partial charge in [0.05, 0.1) is 19.3 Å². The van der Waals surface area contributed by atoms with Gasteiger partial charge in [-0.3, -0.25) is 4.90 Å². The van der Waals surface area contributed by atoms with Gasteiger partial charge in [-0.15, -0.1) is 0 Å². The Labute approximate surface area is 101 Å². The first-order valence-corrected chi connectivity index (χ1v) is 6.08. The lowest BCUT2D eigenvalue weighted by Crippen LogP contribution is -2.46. The van der Waals surface area contributed by atoms with Crippen LogP contribution in [-0.4, -0.2) is 49.0 Å². The van der Waals surface area contributed by atoms with Crippen molar-refractivity contribution in [2.75, 3.05) is 32.9 Å². The van der Waals surface area contributed by atoms with Gasteiger partial charge < -0.3 is 14.6 Å². The minimum Gasteiger partial charge on any atom is -0.490 e. The highest BCUT2D eigenvalue weighted by Gasteiger charge is 2.34. The van der Waals surface area contributed by atoms with Crippen molar-refractivity contribution in [3.63, 3.8) is 0 Å². The molecule has 0 bridgehead atoms. The number of ether oxygens (including phenoxy) is 2. The minimum atomic E-state index is -0.456. The lowest BCUT2D eigenvalue weighted by Gasteiger charge is -2.40. The second kappa shape index (κ2) is 4.64. The molecule has 2 heterocycles. The predicted molar refractivity (Wildman–Crippen MR) is 63.1 cm³/mol. The van der Waals surface area contributed by atoms with Crippen LogP contribution in [0.3, 0.4) is 0 Å². The number of benzene rings is 1. The number of hydrogen-bond acceptors (Lipinski definition) is 4. The van der Waals surface area contributed by atoms with Gasteiger partial charge in [0.2, 0.25) is 0 Å². The number of hydrogen-bond donors (Lipinski definition) is 1. The highest BCUT2D eigenvalue weighted by atomic mass is 16.5. The first-order valence-electron chi connectivity index (χ1n) is 6.08. The summed E-state index contributed by atoms with van der Waals surface area (Å²) in [6.07, 6.45) is -0.456. The number of para-hydroxylation sites is 1. The highest BCUT2D eigenvalue weighted by molar-refractivity contribution is 5.38. The van der Waals surface area contributed by atoms with Crippen molar-refractivity contribution in [3.8, 4) is 5.75 Å². The van der Waals surface area contributed by atoms with Crippen LogP contribution in [0.2, 0.25) is 0 Å². The Morgan fingerprint density at radius 1 is 1.18 bits per heavy atom. The molecule has 92 valence electrons. The summed E-state index contributed by atoms with van der Waals surface area (Å²) in [4.78, 5) is 2.29. The SMILES string of the molecule is OC1COc2ccccc2C1N1CCOCC1. The second-order valence-electron chi connectivity index (χ2n) is 4.51. The van der Waals surface area contributed by atoms with E-state index in [2.05, 4.69) is 4.90 Å². The van der Waals surface area contributed by atoms with Gasteiger partial charge in [-0.05, 0) is 6.07 Å². The third-order valence-corrected chi connectivity index (χ3v) is 3.45. The van der Waals surface area contributed by atoms with Crippen molar-refractivity contribution in [2.45, 2.75) is 12.1 Å². The molecule has 4 heteroatoms. The Balaban J connectivity index is 1.91. The molecule has 0 radical (unpaired) electrons. The molecule has 4 nitrogen and oxygen atoms in total. The Morgan fingerprint density at radius 2 is 1.94 bits per heavy atom. The van der Waals surface area contributed by atoms with E-state index in [-0.39, 0.29) is 6.04 Å². The number of rotatable bonds is 1. The first-order chi connectivity index (χ1) is 8.36. The molecule has 3 rings (SSSR count). The zero-order valence-corrected chi connectivity index (χ0v) is 9.71. The number of nitrogens with zero attached hydrogens (tertiary/aromatic N) is 1. The van der Waals surface area contributed by atoms with Crippen LogP contribution in [0.15, 0.2) is 24.3 Å². The van der Waals surface area contributed by atoms with Crippen LogP contribution in [0.5, 0.6) is 5.75 Å². The first kappa shape index (κ1) is 11.0. The van der Waals surface area contributed by atoms with Crippen molar-refractivity contribution < 1.29 is 14.6 Å². The molecule has 2 aliphatic rings. The summed E-state index contributed by atoms with van der Waals surface area (Å²) >= 11 is 0. The summed E-state index contributed by atoms with van der Waals surface area (Å²) in [5.41, 5.74) is 1.09. The standard InChI is InChI=1S/C13H17NO3/c15-11-9-17-12-4-2-1-3-10(12)13(11)14-5-7-16-8-6-14/h1-4,11,13,15H,5-9H2. The lowest BCUT2D eigenvalue weighted by molar-refractivity contribution is -0.0443. The van der Waals surface area contributed by atoms with E-state index in [9.17, 15) is 5.11 Å². The monoisotopic (exact) mass is 235 g/mol. The Kier molecular flexibility index (Phi) is 3.01. The molecule has 1 aromatic carbocycles. The Hall–Kier alpha value is -1.10. The van der Waals surface area contributed by atoms with E-state index < -0.39 is 6.10 Å². The summed E-state index contributed by atoms with van der Waals surface area (Å²) in [6, 6.07) is 8.01. The molecule has 2 unspecified atom stereocenters. The highest BCUT2D eigenvalue weighted by Crippen LogP contribution is 2.36. The molecule has 1 N–H and O–H groups in total. The molecule has 1 saturated heterocycles. The molecular weight excluding hydrogens is 218 g/mol. The van der Waals surface area contributed by atoms with Gasteiger partial charge in [-0.25, -0.2) is 0 Å². The van der Waals surface area contributed by atoms with Gasteiger partial charge in [0.1, 0.15) is 18.5 Å². The number of fused-ring (bicyclic) bond motifs is 1. The zero-order valence-electron chi connectivity index (χ0n) is 9.71. The number of morpholine rings is 1. The van der Waals surface area contributed by atoms with E-state index in [1.165, 1.54) is 0 Å². The molecule has 0 spiro atoms. The predicted octanol–water partition coefficient (Wildman–Crippen LogP) is 0.813. The average molecular weight is 235 g/mol. The van der Waals surface area contributed by atoms with Crippen LogP contribution in [0.25, 0.3) is 0 Å². The molecule has 0 saturated carbocycles. The van der Waals surface area contributed by atoms with Gasteiger partial charge >= 0.3 is 0 Å². The van der Waals surface area contributed by atoms with E-state index >= 15 is 0 Å². The van der Waals surface area contributed by atoms with Crippen molar-refractivity contribution in [1.29, 1.82) is 0 Å². The maximum Gasteiger partial charge on any atom is 0.124 e. The van der Waals surface area contributed by atoms with Crippen LogP contribution in [0.4, 0.5) is 0 Å². The van der Waals surface area contributed by atoms with Crippen LogP contribution >= 0.6 is 0 Å². The van der Waals surface area contributed by atoms with E-state index in [0.717, 1.165) is 37.6 Å². The van der Waals surface area contributed by atoms with Crippen molar-refractivity contribution in [1.82, 2.24) is 4.90 Å². The number of aliphatic hydroxyl groups is 1. The summed E-state index contributed by atoms with van der Waals surface area (Å²) < 4.78 is 10.9. The zero-order chi connectivity index (χ0) is 11.7. The molecule has 2 aliphatic heterocycles. The van der Waals surface area contributed by atoms with Crippen LogP contribution in [-0.2, 0) is 4.74 Å². The molecule has 1 fully saturated rings. The Morgan fingerprint density at radius 3 is 2.76 bits per heavy atom. The van der Waals surface area contributed by atoms with Gasteiger partial charge in [-0.1, -0.05) is 18.2 Å². The fourth-order valence-corrected chi connectivity index (χ4v) is 2.63. The summed E-state index contributed by atoms with van der Waals surface area (Å²) in [6.45, 7) is 3.60. The molecule has 0 amide bonds. The van der Waals surface area contributed by atoms with Crippen molar-refractivity contribution >= 4 is 0 Å².